The molecule has 1 N–H and O–H groups in total. The third-order valence-electron chi connectivity index (χ3n) is 12.3. The topological polar surface area (TPSA) is 91.9 Å². The summed E-state index contributed by atoms with van der Waals surface area (Å²) in [5, 5.41) is 9.68. The van der Waals surface area contributed by atoms with Gasteiger partial charge in [-0.3, -0.25) is 0 Å². The van der Waals surface area contributed by atoms with Crippen LogP contribution in [0, 0.1) is 0 Å². The molecule has 0 unspecified atom stereocenters. The van der Waals surface area contributed by atoms with Crippen molar-refractivity contribution >= 4 is 55.0 Å². The molecular formula is C51H56N2O6S2. The molecule has 10 heteroatoms. The van der Waals surface area contributed by atoms with Gasteiger partial charge in [-0.15, -0.1) is 22.7 Å². The number of aromatic nitrogens is 2. The molecule has 2 aliphatic rings. The molecule has 2 saturated carbocycles. The van der Waals surface area contributed by atoms with Gasteiger partial charge in [0.2, 0.25) is 0 Å². The average Bonchev–Trinajstić information content (AvgIpc) is 4.05. The number of hydrogen-bond donors (Lipinski definition) is 1. The second-order valence-corrected chi connectivity index (χ2v) is 18.4. The zero-order valence-corrected chi connectivity index (χ0v) is 37.3. The number of benzene rings is 3. The molecule has 0 saturated heterocycles. The van der Waals surface area contributed by atoms with Gasteiger partial charge in [0, 0.05) is 14.1 Å². The standard InChI is InChI=1S/C29H31NO3S.C22H25NO3S/c1-3-32-29(31)25-18-24-28(34-25)26(21-12-8-5-9-13-21)27(30(24)2)22-14-16-23(17-15-22)33-19-20-10-6-4-7-11-20;1-3-26-22(25)18-13-17-21(27-18)19(14-7-5-4-6-8-14)20(23(17)2)15-9-11-16(24)12-10-15/h4,6-7,10-11,14-18,21H,3,5,8-9,12-13,19H2,1-2H3;9-14,24H,3-8H2,1-2H3. The lowest BCUT2D eigenvalue weighted by molar-refractivity contribution is 0.0522. The third kappa shape index (κ3) is 9.02. The molecule has 0 amide bonds. The van der Waals surface area contributed by atoms with Gasteiger partial charge >= 0.3 is 11.9 Å². The summed E-state index contributed by atoms with van der Waals surface area (Å²) in [6.07, 6.45) is 12.5. The second-order valence-electron chi connectivity index (χ2n) is 16.2. The second kappa shape index (κ2) is 19.2. The Morgan fingerprint density at radius 1 is 0.623 bits per heavy atom. The first-order valence-corrected chi connectivity index (χ1v) is 23.5. The van der Waals surface area contributed by atoms with E-state index in [2.05, 4.69) is 59.6 Å². The summed E-state index contributed by atoms with van der Waals surface area (Å²) in [6, 6.07) is 30.1. The Labute approximate surface area is 366 Å². The van der Waals surface area contributed by atoms with Crippen LogP contribution in [0.1, 0.15) is 126 Å². The predicted molar refractivity (Wildman–Crippen MR) is 248 cm³/mol. The largest absolute Gasteiger partial charge is 0.508 e. The van der Waals surface area contributed by atoms with Gasteiger partial charge in [-0.1, -0.05) is 68.9 Å². The molecule has 8 nitrogen and oxygen atoms in total. The quantitative estimate of drug-likeness (QED) is 0.130. The molecule has 0 radical (unpaired) electrons. The minimum Gasteiger partial charge on any atom is -0.508 e. The van der Waals surface area contributed by atoms with E-state index in [1.54, 1.807) is 34.8 Å². The maximum Gasteiger partial charge on any atom is 0.348 e. The number of thiophene rings is 2. The molecule has 0 atom stereocenters. The van der Waals surface area contributed by atoms with Gasteiger partial charge in [-0.25, -0.2) is 9.59 Å². The Balaban J connectivity index is 0.000000173. The van der Waals surface area contributed by atoms with E-state index in [1.807, 2.05) is 56.3 Å². The highest BCUT2D eigenvalue weighted by molar-refractivity contribution is 7.21. The first-order valence-electron chi connectivity index (χ1n) is 21.9. The molecule has 0 spiro atoms. The molecule has 3 aromatic carbocycles. The van der Waals surface area contributed by atoms with E-state index >= 15 is 0 Å². The first kappa shape index (κ1) is 42.4. The van der Waals surface area contributed by atoms with Gasteiger partial charge in [0.1, 0.15) is 27.9 Å². The number of phenols is 1. The number of hydrogen-bond acceptors (Lipinski definition) is 8. The third-order valence-corrected chi connectivity index (χ3v) is 14.6. The zero-order chi connectivity index (χ0) is 42.5. The molecule has 7 aromatic rings. The Bertz CT molecular complexity index is 2580. The van der Waals surface area contributed by atoms with Gasteiger partial charge < -0.3 is 28.5 Å². The first-order chi connectivity index (χ1) is 29.7. The van der Waals surface area contributed by atoms with Crippen LogP contribution in [0.25, 0.3) is 42.9 Å². The van der Waals surface area contributed by atoms with Gasteiger partial charge in [-0.2, -0.15) is 0 Å². The average molecular weight is 857 g/mol. The van der Waals surface area contributed by atoms with Crippen LogP contribution in [0.2, 0.25) is 0 Å². The molecule has 4 aromatic heterocycles. The number of esters is 2. The lowest BCUT2D eigenvalue weighted by Gasteiger charge is -2.23. The Hall–Kier alpha value is -5.32. The molecule has 4 heterocycles. The Morgan fingerprint density at radius 2 is 1.07 bits per heavy atom. The van der Waals surface area contributed by atoms with E-state index in [0.29, 0.717) is 41.4 Å². The van der Waals surface area contributed by atoms with E-state index in [4.69, 9.17) is 14.2 Å². The zero-order valence-electron chi connectivity index (χ0n) is 35.7. The lowest BCUT2D eigenvalue weighted by atomic mass is 9.83. The molecule has 2 fully saturated rings. The number of phenolic OH excluding ortho intramolecular Hbond substituents is 1. The SMILES string of the molecule is CCOC(=O)c1cc2c(s1)c(C1CCCCC1)c(-c1ccc(O)cc1)n2C.CCOC(=O)c1cc2c(s1)c(C1CCCCC1)c(-c1ccc(OCc3ccccc3)cc1)n2C. The highest BCUT2D eigenvalue weighted by Crippen LogP contribution is 2.48. The summed E-state index contributed by atoms with van der Waals surface area (Å²) in [7, 11) is 4.18. The van der Waals surface area contributed by atoms with Gasteiger partial charge in [0.05, 0.1) is 45.0 Å². The number of fused-ring (bicyclic) bond motifs is 2. The van der Waals surface area contributed by atoms with Crippen LogP contribution in [0.15, 0.2) is 91.0 Å². The predicted octanol–water partition coefficient (Wildman–Crippen LogP) is 13.5. The summed E-state index contributed by atoms with van der Waals surface area (Å²) in [5.74, 6) is 1.72. The van der Waals surface area contributed by atoms with Crippen LogP contribution < -0.4 is 4.74 Å². The van der Waals surface area contributed by atoms with Crippen LogP contribution in [-0.2, 0) is 30.2 Å². The molecule has 9 rings (SSSR count). The van der Waals surface area contributed by atoms with E-state index in [9.17, 15) is 14.7 Å². The fourth-order valence-electron chi connectivity index (χ4n) is 9.38. The molecule has 0 bridgehead atoms. The van der Waals surface area contributed by atoms with Crippen LogP contribution in [-0.4, -0.2) is 39.4 Å². The van der Waals surface area contributed by atoms with Crippen molar-refractivity contribution in [1.29, 1.82) is 0 Å². The highest BCUT2D eigenvalue weighted by Gasteiger charge is 2.30. The van der Waals surface area contributed by atoms with Gasteiger partial charge in [0.15, 0.2) is 0 Å². The van der Waals surface area contributed by atoms with Crippen molar-refractivity contribution in [2.75, 3.05) is 13.2 Å². The minimum absolute atomic E-state index is 0.222. The Kier molecular flexibility index (Phi) is 13.3. The Morgan fingerprint density at radius 3 is 1.51 bits per heavy atom. The van der Waals surface area contributed by atoms with E-state index in [0.717, 1.165) is 27.9 Å². The summed E-state index contributed by atoms with van der Waals surface area (Å²) in [6.45, 7) is 5.03. The molecule has 318 valence electrons. The van der Waals surface area contributed by atoms with Crippen molar-refractivity contribution in [3.63, 3.8) is 0 Å². The fraction of sp³-hybridized carbons (Fsp3) is 0.373. The monoisotopic (exact) mass is 856 g/mol. The number of ether oxygens (including phenoxy) is 3. The van der Waals surface area contributed by atoms with Gasteiger partial charge in [-0.05, 0) is 140 Å². The molecule has 61 heavy (non-hydrogen) atoms. The van der Waals surface area contributed by atoms with Crippen molar-refractivity contribution in [1.82, 2.24) is 9.13 Å². The highest BCUT2D eigenvalue weighted by atomic mass is 32.1. The van der Waals surface area contributed by atoms with E-state index < -0.39 is 0 Å². The van der Waals surface area contributed by atoms with Crippen molar-refractivity contribution in [3.8, 4) is 34.0 Å². The smallest absolute Gasteiger partial charge is 0.348 e. The summed E-state index contributed by atoms with van der Waals surface area (Å²) in [5.41, 5.74) is 10.9. The van der Waals surface area contributed by atoms with Crippen LogP contribution in [0.5, 0.6) is 11.5 Å². The maximum atomic E-state index is 12.4. The number of nitrogens with zero attached hydrogens (tertiary/aromatic N) is 2. The normalized spacial score (nSPS) is 14.8. The maximum absolute atomic E-state index is 12.4. The molecule has 0 aliphatic heterocycles. The molecular weight excluding hydrogens is 801 g/mol. The van der Waals surface area contributed by atoms with Crippen LogP contribution in [0.4, 0.5) is 0 Å². The number of aryl methyl sites for hydroxylation is 2. The number of carbonyl (C=O) groups is 2. The fourth-order valence-corrected chi connectivity index (χ4v) is 11.8. The lowest BCUT2D eigenvalue weighted by Crippen LogP contribution is -2.06. The number of rotatable bonds is 11. The van der Waals surface area contributed by atoms with Crippen LogP contribution >= 0.6 is 22.7 Å². The van der Waals surface area contributed by atoms with Crippen molar-refractivity contribution in [2.24, 2.45) is 14.1 Å². The van der Waals surface area contributed by atoms with Crippen molar-refractivity contribution < 1.29 is 28.9 Å². The van der Waals surface area contributed by atoms with Gasteiger partial charge in [0.25, 0.3) is 0 Å². The summed E-state index contributed by atoms with van der Waals surface area (Å²) >= 11 is 3.14. The van der Waals surface area contributed by atoms with E-state index in [-0.39, 0.29) is 17.7 Å². The molecule has 2 aliphatic carbocycles. The summed E-state index contributed by atoms with van der Waals surface area (Å²) in [4.78, 5) is 26.1. The van der Waals surface area contributed by atoms with Crippen LogP contribution in [0.3, 0.4) is 0 Å². The number of aromatic hydroxyl groups is 1. The van der Waals surface area contributed by atoms with Crippen molar-refractivity contribution in [2.45, 2.75) is 96.5 Å². The summed E-state index contributed by atoms with van der Waals surface area (Å²) < 4.78 is 23.4. The van der Waals surface area contributed by atoms with Crippen molar-refractivity contribution in [3.05, 3.63) is 117 Å². The minimum atomic E-state index is -0.237. The van der Waals surface area contributed by atoms with E-state index in [1.165, 1.54) is 102 Å². The number of carbonyl (C=O) groups excluding carboxylic acids is 2.